The number of pyridine rings is 1. The van der Waals surface area contributed by atoms with Crippen LogP contribution in [0.2, 0.25) is 0 Å². The molecule has 0 unspecified atom stereocenters. The Kier molecular flexibility index (Phi) is 6.52. The van der Waals surface area contributed by atoms with Gasteiger partial charge in [0.1, 0.15) is 24.3 Å². The van der Waals surface area contributed by atoms with E-state index in [1.165, 1.54) is 4.90 Å². The summed E-state index contributed by atoms with van der Waals surface area (Å²) in [5.41, 5.74) is 2.20. The maximum Gasteiger partial charge on any atom is 0.407 e. The van der Waals surface area contributed by atoms with E-state index in [1.807, 2.05) is 66.7 Å². The van der Waals surface area contributed by atoms with Gasteiger partial charge in [0.05, 0.1) is 6.54 Å². The first-order valence-electron chi connectivity index (χ1n) is 10.3. The topological polar surface area (TPSA) is 83.9 Å². The first kappa shape index (κ1) is 20.5. The van der Waals surface area contributed by atoms with E-state index in [1.54, 1.807) is 6.07 Å². The number of aromatic nitrogens is 1. The molecule has 7 nitrogen and oxygen atoms in total. The molecule has 1 aromatic heterocycles. The van der Waals surface area contributed by atoms with Gasteiger partial charge in [0.25, 0.3) is 0 Å². The van der Waals surface area contributed by atoms with Crippen molar-refractivity contribution in [2.75, 3.05) is 18.4 Å². The van der Waals surface area contributed by atoms with Crippen molar-refractivity contribution < 1.29 is 19.4 Å². The third-order valence-corrected chi connectivity index (χ3v) is 5.04. The zero-order valence-corrected chi connectivity index (χ0v) is 17.1. The minimum Gasteiger partial charge on any atom is -0.489 e. The molecule has 1 aliphatic heterocycles. The van der Waals surface area contributed by atoms with Crippen LogP contribution in [0, 0.1) is 0 Å². The molecule has 7 heteroatoms. The lowest BCUT2D eigenvalue weighted by Crippen LogP contribution is -2.29. The lowest BCUT2D eigenvalue weighted by atomic mass is 10.2. The second-order valence-corrected chi connectivity index (χ2v) is 7.40. The maximum atomic E-state index is 11.2. The molecule has 3 aromatic rings. The summed E-state index contributed by atoms with van der Waals surface area (Å²) >= 11 is 0. The van der Waals surface area contributed by atoms with Crippen LogP contribution in [-0.2, 0) is 13.2 Å². The SMILES string of the molecule is O=C(O)N1CC[C@H](Oc2cc(OCc3ccccc3)cc(NCc3ccccc3)n2)C1. The zero-order chi connectivity index (χ0) is 21.5. The molecule has 1 amide bonds. The second kappa shape index (κ2) is 9.84. The Morgan fingerprint density at radius 1 is 1.06 bits per heavy atom. The van der Waals surface area contributed by atoms with Crippen LogP contribution < -0.4 is 14.8 Å². The molecule has 2 aromatic carbocycles. The summed E-state index contributed by atoms with van der Waals surface area (Å²) in [7, 11) is 0. The summed E-state index contributed by atoms with van der Waals surface area (Å²) in [4.78, 5) is 17.1. The molecule has 4 rings (SSSR count). The highest BCUT2D eigenvalue weighted by Crippen LogP contribution is 2.26. The lowest BCUT2D eigenvalue weighted by molar-refractivity contribution is 0.144. The molecule has 0 radical (unpaired) electrons. The maximum absolute atomic E-state index is 11.2. The van der Waals surface area contributed by atoms with E-state index in [0.717, 1.165) is 11.1 Å². The van der Waals surface area contributed by atoms with E-state index in [-0.39, 0.29) is 6.10 Å². The number of nitrogens with one attached hydrogen (secondary N) is 1. The van der Waals surface area contributed by atoms with Gasteiger partial charge in [-0.15, -0.1) is 0 Å². The highest BCUT2D eigenvalue weighted by Gasteiger charge is 2.27. The molecule has 1 fully saturated rings. The average Bonchev–Trinajstić information content (AvgIpc) is 3.26. The number of benzene rings is 2. The van der Waals surface area contributed by atoms with Gasteiger partial charge in [0.2, 0.25) is 5.88 Å². The Labute approximate surface area is 181 Å². The first-order valence-corrected chi connectivity index (χ1v) is 10.3. The van der Waals surface area contributed by atoms with Crippen molar-refractivity contribution in [3.8, 4) is 11.6 Å². The van der Waals surface area contributed by atoms with E-state index in [2.05, 4.69) is 10.3 Å². The fourth-order valence-corrected chi connectivity index (χ4v) is 3.41. The number of anilines is 1. The van der Waals surface area contributed by atoms with Crippen LogP contribution in [0.5, 0.6) is 11.6 Å². The Morgan fingerprint density at radius 2 is 1.77 bits per heavy atom. The summed E-state index contributed by atoms with van der Waals surface area (Å²) in [6.45, 7) is 1.84. The van der Waals surface area contributed by atoms with Crippen LogP contribution in [0.4, 0.5) is 10.6 Å². The van der Waals surface area contributed by atoms with Crippen molar-refractivity contribution in [3.05, 3.63) is 83.9 Å². The van der Waals surface area contributed by atoms with Crippen LogP contribution in [-0.4, -0.2) is 40.3 Å². The summed E-state index contributed by atoms with van der Waals surface area (Å²) in [6, 6.07) is 23.6. The van der Waals surface area contributed by atoms with Crippen molar-refractivity contribution in [2.24, 2.45) is 0 Å². The molecule has 2 N–H and O–H groups in total. The van der Waals surface area contributed by atoms with Gasteiger partial charge < -0.3 is 24.8 Å². The van der Waals surface area contributed by atoms with Gasteiger partial charge in [-0.1, -0.05) is 60.7 Å². The van der Waals surface area contributed by atoms with Gasteiger partial charge in [-0.2, -0.15) is 4.98 Å². The minimum absolute atomic E-state index is 0.227. The molecule has 0 spiro atoms. The number of hydrogen-bond acceptors (Lipinski definition) is 5. The van der Waals surface area contributed by atoms with Crippen molar-refractivity contribution in [1.29, 1.82) is 0 Å². The molecule has 1 atom stereocenters. The molecule has 0 aliphatic carbocycles. The predicted molar refractivity (Wildman–Crippen MR) is 117 cm³/mol. The highest BCUT2D eigenvalue weighted by molar-refractivity contribution is 5.65. The standard InChI is InChI=1S/C24H25N3O4/c28-24(29)27-12-11-20(16-27)31-23-14-21(30-17-19-9-5-2-6-10-19)13-22(26-23)25-15-18-7-3-1-4-8-18/h1-10,13-14,20H,11-12,15-17H2,(H,25,26)(H,28,29)/t20-/m0/s1. The third-order valence-electron chi connectivity index (χ3n) is 5.04. The van der Waals surface area contributed by atoms with Crippen molar-refractivity contribution in [1.82, 2.24) is 9.88 Å². The predicted octanol–water partition coefficient (Wildman–Crippen LogP) is 4.40. The molecule has 0 bridgehead atoms. The average molecular weight is 419 g/mol. The van der Waals surface area contributed by atoms with E-state index in [0.29, 0.717) is 50.1 Å². The van der Waals surface area contributed by atoms with Gasteiger partial charge in [0.15, 0.2) is 0 Å². The number of nitrogens with zero attached hydrogens (tertiary/aromatic N) is 2. The fraction of sp³-hybridized carbons (Fsp3) is 0.250. The molecule has 1 saturated heterocycles. The summed E-state index contributed by atoms with van der Waals surface area (Å²) in [6.07, 6.45) is -0.519. The Hall–Kier alpha value is -3.74. The van der Waals surface area contributed by atoms with Crippen LogP contribution in [0.25, 0.3) is 0 Å². The molecular weight excluding hydrogens is 394 g/mol. The number of rotatable bonds is 8. The van der Waals surface area contributed by atoms with Gasteiger partial charge in [-0.3, -0.25) is 0 Å². The number of ether oxygens (including phenoxy) is 2. The van der Waals surface area contributed by atoms with E-state index >= 15 is 0 Å². The highest BCUT2D eigenvalue weighted by atomic mass is 16.5. The monoisotopic (exact) mass is 419 g/mol. The lowest BCUT2D eigenvalue weighted by Gasteiger charge is -2.16. The van der Waals surface area contributed by atoms with Gasteiger partial charge in [-0.25, -0.2) is 4.79 Å². The zero-order valence-electron chi connectivity index (χ0n) is 17.1. The molecule has 1 aliphatic rings. The summed E-state index contributed by atoms with van der Waals surface area (Å²) in [5.74, 6) is 1.69. The van der Waals surface area contributed by atoms with Crippen LogP contribution in [0.15, 0.2) is 72.8 Å². The van der Waals surface area contributed by atoms with E-state index in [9.17, 15) is 4.79 Å². The van der Waals surface area contributed by atoms with Crippen molar-refractivity contribution in [3.63, 3.8) is 0 Å². The van der Waals surface area contributed by atoms with Crippen molar-refractivity contribution in [2.45, 2.75) is 25.7 Å². The Bertz CT molecular complexity index is 936. The summed E-state index contributed by atoms with van der Waals surface area (Å²) < 4.78 is 12.0. The van der Waals surface area contributed by atoms with Crippen LogP contribution in [0.3, 0.4) is 0 Å². The summed E-state index contributed by atoms with van der Waals surface area (Å²) in [5, 5.41) is 12.5. The molecule has 160 valence electrons. The smallest absolute Gasteiger partial charge is 0.407 e. The normalized spacial score (nSPS) is 15.5. The van der Waals surface area contributed by atoms with Crippen molar-refractivity contribution >= 4 is 11.9 Å². The van der Waals surface area contributed by atoms with Gasteiger partial charge >= 0.3 is 6.09 Å². The molecular formula is C24H25N3O4. The second-order valence-electron chi connectivity index (χ2n) is 7.40. The third kappa shape index (κ3) is 5.88. The van der Waals surface area contributed by atoms with Crippen LogP contribution >= 0.6 is 0 Å². The number of carbonyl (C=O) groups is 1. The number of amides is 1. The number of hydrogen-bond donors (Lipinski definition) is 2. The van der Waals surface area contributed by atoms with E-state index in [4.69, 9.17) is 14.6 Å². The van der Waals surface area contributed by atoms with Gasteiger partial charge in [0, 0.05) is 31.6 Å². The fourth-order valence-electron chi connectivity index (χ4n) is 3.41. The minimum atomic E-state index is -0.927. The quantitative estimate of drug-likeness (QED) is 0.563. The Morgan fingerprint density at radius 3 is 2.45 bits per heavy atom. The van der Waals surface area contributed by atoms with Crippen LogP contribution in [0.1, 0.15) is 17.5 Å². The van der Waals surface area contributed by atoms with E-state index < -0.39 is 6.09 Å². The number of carboxylic acid groups (broad SMARTS) is 1. The molecule has 31 heavy (non-hydrogen) atoms. The molecule has 0 saturated carbocycles. The van der Waals surface area contributed by atoms with Gasteiger partial charge in [-0.05, 0) is 11.1 Å². The number of likely N-dealkylation sites (tertiary alicyclic amines) is 1. The first-order chi connectivity index (χ1) is 15.2. The largest absolute Gasteiger partial charge is 0.489 e. The Balaban J connectivity index is 1.47. The molecule has 2 heterocycles.